The van der Waals surface area contributed by atoms with Gasteiger partial charge in [-0.25, -0.2) is 9.07 Å². The lowest BCUT2D eigenvalue weighted by molar-refractivity contribution is 0.628. The number of halogens is 1. The molecule has 1 heterocycles. The van der Waals surface area contributed by atoms with Gasteiger partial charge >= 0.3 is 0 Å². The minimum absolute atomic E-state index is 0.327. The van der Waals surface area contributed by atoms with E-state index < -0.39 is 0 Å². The Morgan fingerprint density at radius 3 is 2.94 bits per heavy atom. The van der Waals surface area contributed by atoms with Gasteiger partial charge in [0.05, 0.1) is 0 Å². The van der Waals surface area contributed by atoms with Crippen molar-refractivity contribution < 1.29 is 4.39 Å². The van der Waals surface area contributed by atoms with Crippen molar-refractivity contribution in [1.82, 2.24) is 20.2 Å². The molecule has 7 heteroatoms. The monoisotopic (exact) mass is 239 g/mol. The van der Waals surface area contributed by atoms with Gasteiger partial charge in [0.25, 0.3) is 0 Å². The Bertz CT molecular complexity index is 498. The van der Waals surface area contributed by atoms with Crippen molar-refractivity contribution in [3.63, 3.8) is 0 Å². The fraction of sp³-hybridized carbons (Fsp3) is 0.222. The van der Waals surface area contributed by atoms with Gasteiger partial charge in [0.2, 0.25) is 5.16 Å². The highest BCUT2D eigenvalue weighted by Crippen LogP contribution is 2.23. The van der Waals surface area contributed by atoms with E-state index in [0.717, 1.165) is 5.56 Å². The van der Waals surface area contributed by atoms with Gasteiger partial charge < -0.3 is 5.73 Å². The number of nitrogen functional groups attached to an aromatic ring is 1. The van der Waals surface area contributed by atoms with Crippen LogP contribution in [0.3, 0.4) is 0 Å². The maximum Gasteiger partial charge on any atom is 0.209 e. The minimum atomic E-state index is -0.327. The first-order valence-corrected chi connectivity index (χ1v) is 5.54. The molecule has 0 saturated heterocycles. The van der Waals surface area contributed by atoms with E-state index in [1.807, 2.05) is 0 Å². The lowest BCUT2D eigenvalue weighted by Gasteiger charge is -2.04. The summed E-state index contributed by atoms with van der Waals surface area (Å²) >= 11 is 1.45. The number of aromatic nitrogens is 4. The molecule has 0 atom stereocenters. The summed E-state index contributed by atoms with van der Waals surface area (Å²) in [5.74, 6) is 0.284. The molecule has 2 N–H and O–H groups in total. The average Bonchev–Trinajstić information content (AvgIpc) is 2.63. The first-order chi connectivity index (χ1) is 7.66. The van der Waals surface area contributed by atoms with E-state index in [-0.39, 0.29) is 5.82 Å². The smallest absolute Gasteiger partial charge is 0.209 e. The van der Waals surface area contributed by atoms with Crippen molar-refractivity contribution in [3.8, 4) is 0 Å². The number of thioether (sulfide) groups is 1. The Labute approximate surface area is 95.8 Å². The Balaban J connectivity index is 2.08. The molecule has 0 unspecified atom stereocenters. The van der Waals surface area contributed by atoms with Gasteiger partial charge in [-0.2, -0.15) is 0 Å². The van der Waals surface area contributed by atoms with Crippen LogP contribution in [0.25, 0.3) is 0 Å². The van der Waals surface area contributed by atoms with Crippen LogP contribution in [0.15, 0.2) is 23.4 Å². The zero-order valence-electron chi connectivity index (χ0n) is 8.59. The van der Waals surface area contributed by atoms with E-state index in [4.69, 9.17) is 5.73 Å². The van der Waals surface area contributed by atoms with Crippen LogP contribution in [0, 0.1) is 5.82 Å². The van der Waals surface area contributed by atoms with Crippen LogP contribution < -0.4 is 5.73 Å². The number of nitrogens with zero attached hydrogens (tertiary/aromatic N) is 4. The van der Waals surface area contributed by atoms with Crippen molar-refractivity contribution in [2.75, 3.05) is 5.73 Å². The molecule has 1 aromatic heterocycles. The van der Waals surface area contributed by atoms with E-state index in [9.17, 15) is 4.39 Å². The molecular formula is C9H10FN5S. The molecule has 5 nitrogen and oxygen atoms in total. The van der Waals surface area contributed by atoms with Gasteiger partial charge in [-0.05, 0) is 28.1 Å². The summed E-state index contributed by atoms with van der Waals surface area (Å²) < 4.78 is 14.4. The number of aryl methyl sites for hydroxylation is 1. The molecule has 0 spiro atoms. The quantitative estimate of drug-likeness (QED) is 0.644. The van der Waals surface area contributed by atoms with Crippen LogP contribution in [-0.2, 0) is 12.8 Å². The molecule has 16 heavy (non-hydrogen) atoms. The highest BCUT2D eigenvalue weighted by atomic mass is 32.2. The van der Waals surface area contributed by atoms with Crippen LogP contribution in [0.2, 0.25) is 0 Å². The number of tetrazole rings is 1. The Hall–Kier alpha value is -1.63. The van der Waals surface area contributed by atoms with Gasteiger partial charge in [-0.3, -0.25) is 0 Å². The standard InChI is InChI=1S/C9H10FN5S/c1-15-9(12-13-14-15)16-5-6-2-3-7(10)4-8(6)11/h2-4H,5,11H2,1H3. The van der Waals surface area contributed by atoms with Crippen molar-refractivity contribution >= 4 is 17.4 Å². The van der Waals surface area contributed by atoms with Crippen molar-refractivity contribution in [1.29, 1.82) is 0 Å². The van der Waals surface area contributed by atoms with Gasteiger partial charge in [-0.1, -0.05) is 17.8 Å². The third-order valence-electron chi connectivity index (χ3n) is 2.05. The minimum Gasteiger partial charge on any atom is -0.398 e. The lowest BCUT2D eigenvalue weighted by Crippen LogP contribution is -1.96. The van der Waals surface area contributed by atoms with E-state index in [2.05, 4.69) is 15.5 Å². The second-order valence-electron chi connectivity index (χ2n) is 3.22. The van der Waals surface area contributed by atoms with Crippen molar-refractivity contribution in [2.24, 2.45) is 7.05 Å². The first kappa shape index (κ1) is 10.9. The van der Waals surface area contributed by atoms with Gasteiger partial charge in [0.1, 0.15) is 5.82 Å². The number of hydrogen-bond donors (Lipinski definition) is 1. The second-order valence-corrected chi connectivity index (χ2v) is 4.16. The van der Waals surface area contributed by atoms with E-state index in [1.54, 1.807) is 17.8 Å². The van der Waals surface area contributed by atoms with E-state index >= 15 is 0 Å². The molecule has 0 aliphatic rings. The molecule has 2 aromatic rings. The molecule has 0 amide bonds. The van der Waals surface area contributed by atoms with Crippen LogP contribution in [0.1, 0.15) is 5.56 Å². The molecule has 0 saturated carbocycles. The Morgan fingerprint density at radius 2 is 2.31 bits per heavy atom. The molecule has 0 radical (unpaired) electrons. The third-order valence-corrected chi connectivity index (χ3v) is 3.11. The maximum absolute atomic E-state index is 12.8. The van der Waals surface area contributed by atoms with E-state index in [1.165, 1.54) is 23.9 Å². The zero-order valence-corrected chi connectivity index (χ0v) is 9.41. The lowest BCUT2D eigenvalue weighted by atomic mass is 10.2. The number of rotatable bonds is 3. The predicted molar refractivity (Wildman–Crippen MR) is 59.2 cm³/mol. The Kier molecular flexibility index (Phi) is 3.04. The second kappa shape index (κ2) is 4.48. The fourth-order valence-corrected chi connectivity index (χ4v) is 2.05. The summed E-state index contributed by atoms with van der Waals surface area (Å²) in [6.45, 7) is 0. The molecular weight excluding hydrogens is 229 g/mol. The highest BCUT2D eigenvalue weighted by molar-refractivity contribution is 7.98. The topological polar surface area (TPSA) is 69.6 Å². The number of nitrogens with two attached hydrogens (primary N) is 1. The van der Waals surface area contributed by atoms with Crippen LogP contribution in [-0.4, -0.2) is 20.2 Å². The van der Waals surface area contributed by atoms with Crippen LogP contribution in [0.5, 0.6) is 0 Å². The number of hydrogen-bond acceptors (Lipinski definition) is 5. The molecule has 0 bridgehead atoms. The summed E-state index contributed by atoms with van der Waals surface area (Å²) in [5.41, 5.74) is 7.00. The summed E-state index contributed by atoms with van der Waals surface area (Å²) in [6, 6.07) is 4.37. The molecule has 0 fully saturated rings. The largest absolute Gasteiger partial charge is 0.398 e. The molecule has 84 valence electrons. The predicted octanol–water partition coefficient (Wildman–Crippen LogP) is 1.22. The molecule has 1 aromatic carbocycles. The summed E-state index contributed by atoms with van der Waals surface area (Å²) in [7, 11) is 1.76. The summed E-state index contributed by atoms with van der Waals surface area (Å²) in [5, 5.41) is 11.8. The molecule has 2 rings (SSSR count). The fourth-order valence-electron chi connectivity index (χ4n) is 1.18. The summed E-state index contributed by atoms with van der Waals surface area (Å²) in [6.07, 6.45) is 0. The number of benzene rings is 1. The molecule has 0 aliphatic heterocycles. The normalized spacial score (nSPS) is 10.6. The molecule has 0 aliphatic carbocycles. The maximum atomic E-state index is 12.8. The third kappa shape index (κ3) is 2.30. The van der Waals surface area contributed by atoms with Crippen LogP contribution >= 0.6 is 11.8 Å². The SMILES string of the molecule is Cn1nnnc1SCc1ccc(F)cc1N. The summed E-state index contributed by atoms with van der Waals surface area (Å²) in [4.78, 5) is 0. The highest BCUT2D eigenvalue weighted by Gasteiger charge is 2.06. The first-order valence-electron chi connectivity index (χ1n) is 4.56. The van der Waals surface area contributed by atoms with Gasteiger partial charge in [-0.15, -0.1) is 5.10 Å². The number of anilines is 1. The van der Waals surface area contributed by atoms with Crippen molar-refractivity contribution in [2.45, 2.75) is 10.9 Å². The van der Waals surface area contributed by atoms with Gasteiger partial charge in [0, 0.05) is 18.5 Å². The van der Waals surface area contributed by atoms with Crippen LogP contribution in [0.4, 0.5) is 10.1 Å². The van der Waals surface area contributed by atoms with Gasteiger partial charge in [0.15, 0.2) is 0 Å². The van der Waals surface area contributed by atoms with E-state index in [0.29, 0.717) is 16.6 Å². The van der Waals surface area contributed by atoms with Crippen molar-refractivity contribution in [3.05, 3.63) is 29.6 Å². The average molecular weight is 239 g/mol. The Morgan fingerprint density at radius 1 is 1.50 bits per heavy atom. The zero-order chi connectivity index (χ0) is 11.5.